The van der Waals surface area contributed by atoms with E-state index in [4.69, 9.17) is 15.2 Å². The van der Waals surface area contributed by atoms with Gasteiger partial charge in [-0.15, -0.1) is 0 Å². The highest BCUT2D eigenvalue weighted by atomic mass is 19.1. The molecule has 2 aromatic carbocycles. The predicted molar refractivity (Wildman–Crippen MR) is 79.2 cm³/mol. The highest BCUT2D eigenvalue weighted by molar-refractivity contribution is 5.43. The lowest BCUT2D eigenvalue weighted by atomic mass is 9.83. The van der Waals surface area contributed by atoms with Crippen LogP contribution in [-0.4, -0.2) is 13.7 Å². The SMILES string of the molecule is COc1ccc(F)cc1C(N)C1CCOc2ccccc21. The molecule has 1 heterocycles. The zero-order valence-electron chi connectivity index (χ0n) is 11.9. The number of ether oxygens (including phenoxy) is 2. The van der Waals surface area contributed by atoms with E-state index in [1.807, 2.05) is 24.3 Å². The summed E-state index contributed by atoms with van der Waals surface area (Å²) in [7, 11) is 1.57. The molecule has 110 valence electrons. The fourth-order valence-corrected chi connectivity index (χ4v) is 2.93. The maximum Gasteiger partial charge on any atom is 0.123 e. The van der Waals surface area contributed by atoms with Crippen molar-refractivity contribution >= 4 is 0 Å². The van der Waals surface area contributed by atoms with Crippen LogP contribution in [0.4, 0.5) is 4.39 Å². The van der Waals surface area contributed by atoms with Gasteiger partial charge in [0.05, 0.1) is 13.7 Å². The van der Waals surface area contributed by atoms with Crippen molar-refractivity contribution in [2.75, 3.05) is 13.7 Å². The van der Waals surface area contributed by atoms with Gasteiger partial charge in [0.1, 0.15) is 17.3 Å². The second-order valence-electron chi connectivity index (χ2n) is 5.19. The van der Waals surface area contributed by atoms with Crippen LogP contribution >= 0.6 is 0 Å². The third-order valence-corrected chi connectivity index (χ3v) is 3.99. The number of nitrogens with two attached hydrogens (primary N) is 1. The molecule has 1 aliphatic rings. The van der Waals surface area contributed by atoms with E-state index in [1.165, 1.54) is 12.1 Å². The number of para-hydroxylation sites is 1. The van der Waals surface area contributed by atoms with Gasteiger partial charge in [-0.25, -0.2) is 4.39 Å². The summed E-state index contributed by atoms with van der Waals surface area (Å²) in [5, 5.41) is 0. The smallest absolute Gasteiger partial charge is 0.123 e. The summed E-state index contributed by atoms with van der Waals surface area (Å²) in [4.78, 5) is 0. The first-order valence-corrected chi connectivity index (χ1v) is 7.01. The van der Waals surface area contributed by atoms with E-state index >= 15 is 0 Å². The Morgan fingerprint density at radius 3 is 2.90 bits per heavy atom. The molecule has 3 nitrogen and oxygen atoms in total. The molecular weight excluding hydrogens is 269 g/mol. The van der Waals surface area contributed by atoms with Crippen molar-refractivity contribution in [3.63, 3.8) is 0 Å². The molecule has 0 aromatic heterocycles. The molecule has 4 heteroatoms. The van der Waals surface area contributed by atoms with Crippen molar-refractivity contribution < 1.29 is 13.9 Å². The third kappa shape index (κ3) is 2.59. The molecule has 0 amide bonds. The van der Waals surface area contributed by atoms with Crippen LogP contribution in [0.3, 0.4) is 0 Å². The van der Waals surface area contributed by atoms with Crippen molar-refractivity contribution in [1.82, 2.24) is 0 Å². The van der Waals surface area contributed by atoms with Crippen LogP contribution < -0.4 is 15.2 Å². The first-order chi connectivity index (χ1) is 10.2. The maximum atomic E-state index is 13.6. The molecule has 0 saturated carbocycles. The highest BCUT2D eigenvalue weighted by Crippen LogP contribution is 2.42. The van der Waals surface area contributed by atoms with Crippen LogP contribution in [0.15, 0.2) is 42.5 Å². The summed E-state index contributed by atoms with van der Waals surface area (Å²) in [6, 6.07) is 12.0. The monoisotopic (exact) mass is 287 g/mol. The van der Waals surface area contributed by atoms with Gasteiger partial charge >= 0.3 is 0 Å². The summed E-state index contributed by atoms with van der Waals surface area (Å²) < 4.78 is 24.6. The second kappa shape index (κ2) is 5.74. The first kappa shape index (κ1) is 13.9. The molecule has 2 unspecified atom stereocenters. The van der Waals surface area contributed by atoms with E-state index in [0.717, 1.165) is 17.7 Å². The van der Waals surface area contributed by atoms with Crippen molar-refractivity contribution in [3.05, 3.63) is 59.4 Å². The van der Waals surface area contributed by atoms with Crippen molar-refractivity contribution in [3.8, 4) is 11.5 Å². The van der Waals surface area contributed by atoms with E-state index in [1.54, 1.807) is 13.2 Å². The predicted octanol–water partition coefficient (Wildman–Crippen LogP) is 3.40. The van der Waals surface area contributed by atoms with Gasteiger partial charge in [0, 0.05) is 17.5 Å². The van der Waals surface area contributed by atoms with Crippen LogP contribution in [0.25, 0.3) is 0 Å². The quantitative estimate of drug-likeness (QED) is 0.941. The van der Waals surface area contributed by atoms with Crippen LogP contribution in [0, 0.1) is 5.82 Å². The number of rotatable bonds is 3. The average Bonchev–Trinajstić information content (AvgIpc) is 2.53. The fourth-order valence-electron chi connectivity index (χ4n) is 2.93. The van der Waals surface area contributed by atoms with Gasteiger partial charge in [-0.2, -0.15) is 0 Å². The number of fused-ring (bicyclic) bond motifs is 1. The highest BCUT2D eigenvalue weighted by Gasteiger charge is 2.29. The molecule has 0 radical (unpaired) electrons. The Kier molecular flexibility index (Phi) is 3.80. The van der Waals surface area contributed by atoms with E-state index in [9.17, 15) is 4.39 Å². The molecule has 0 aliphatic carbocycles. The minimum atomic E-state index is -0.333. The van der Waals surface area contributed by atoms with Crippen LogP contribution in [0.5, 0.6) is 11.5 Å². The Bertz CT molecular complexity index is 644. The minimum Gasteiger partial charge on any atom is -0.496 e. The van der Waals surface area contributed by atoms with Crippen molar-refractivity contribution in [2.24, 2.45) is 5.73 Å². The van der Waals surface area contributed by atoms with E-state index in [2.05, 4.69) is 0 Å². The summed E-state index contributed by atoms with van der Waals surface area (Å²) in [6.45, 7) is 0.618. The topological polar surface area (TPSA) is 44.5 Å². The lowest BCUT2D eigenvalue weighted by Gasteiger charge is -2.31. The van der Waals surface area contributed by atoms with Crippen LogP contribution in [-0.2, 0) is 0 Å². The fraction of sp³-hybridized carbons (Fsp3) is 0.294. The van der Waals surface area contributed by atoms with Gasteiger partial charge in [-0.3, -0.25) is 0 Å². The standard InChI is InChI=1S/C17H18FNO2/c1-20-15-7-6-11(18)10-14(15)17(19)13-8-9-21-16-5-3-2-4-12(13)16/h2-7,10,13,17H,8-9,19H2,1H3. The van der Waals surface area contributed by atoms with Gasteiger partial charge < -0.3 is 15.2 Å². The van der Waals surface area contributed by atoms with Gasteiger partial charge in [0.15, 0.2) is 0 Å². The lowest BCUT2D eigenvalue weighted by molar-refractivity contribution is 0.254. The average molecular weight is 287 g/mol. The Labute approximate surface area is 123 Å². The van der Waals surface area contributed by atoms with Gasteiger partial charge in [-0.05, 0) is 36.2 Å². The summed E-state index contributed by atoms with van der Waals surface area (Å²) in [6.07, 6.45) is 0.803. The zero-order chi connectivity index (χ0) is 14.8. The molecule has 2 atom stereocenters. The molecule has 0 bridgehead atoms. The lowest BCUT2D eigenvalue weighted by Crippen LogP contribution is -2.25. The Morgan fingerprint density at radius 2 is 2.10 bits per heavy atom. The van der Waals surface area contributed by atoms with Crippen LogP contribution in [0.2, 0.25) is 0 Å². The number of hydrogen-bond acceptors (Lipinski definition) is 3. The van der Waals surface area contributed by atoms with Crippen LogP contribution in [0.1, 0.15) is 29.5 Å². The van der Waals surface area contributed by atoms with Crippen molar-refractivity contribution in [1.29, 1.82) is 0 Å². The number of hydrogen-bond donors (Lipinski definition) is 1. The molecule has 0 fully saturated rings. The Balaban J connectivity index is 2.00. The zero-order valence-corrected chi connectivity index (χ0v) is 11.9. The summed E-state index contributed by atoms with van der Waals surface area (Å²) in [5.41, 5.74) is 8.19. The molecule has 3 rings (SSSR count). The largest absolute Gasteiger partial charge is 0.496 e. The molecule has 2 aromatic rings. The summed E-state index contributed by atoms with van der Waals surface area (Å²) >= 11 is 0. The van der Waals surface area contributed by atoms with Gasteiger partial charge in [0.2, 0.25) is 0 Å². The van der Waals surface area contributed by atoms with E-state index < -0.39 is 0 Å². The molecule has 0 saturated heterocycles. The van der Waals surface area contributed by atoms with E-state index in [-0.39, 0.29) is 17.8 Å². The number of methoxy groups -OCH3 is 1. The normalized spacial score (nSPS) is 18.5. The summed E-state index contributed by atoms with van der Waals surface area (Å²) in [5.74, 6) is 1.26. The maximum absolute atomic E-state index is 13.6. The van der Waals surface area contributed by atoms with E-state index in [0.29, 0.717) is 17.9 Å². The Morgan fingerprint density at radius 1 is 1.29 bits per heavy atom. The molecule has 0 spiro atoms. The Hall–Kier alpha value is -2.07. The third-order valence-electron chi connectivity index (χ3n) is 3.99. The number of halogens is 1. The molecule has 1 aliphatic heterocycles. The van der Waals surface area contributed by atoms with Gasteiger partial charge in [-0.1, -0.05) is 18.2 Å². The molecule has 2 N–H and O–H groups in total. The molecule has 21 heavy (non-hydrogen) atoms. The second-order valence-corrected chi connectivity index (χ2v) is 5.19. The first-order valence-electron chi connectivity index (χ1n) is 7.01. The number of benzene rings is 2. The molecular formula is C17H18FNO2. The van der Waals surface area contributed by atoms with Crippen molar-refractivity contribution in [2.45, 2.75) is 18.4 Å². The minimum absolute atomic E-state index is 0.0886. The van der Waals surface area contributed by atoms with Gasteiger partial charge in [0.25, 0.3) is 0 Å².